The summed E-state index contributed by atoms with van der Waals surface area (Å²) in [7, 11) is 2.01. The summed E-state index contributed by atoms with van der Waals surface area (Å²) in [6.07, 6.45) is 6.38. The summed E-state index contributed by atoms with van der Waals surface area (Å²) in [4.78, 5) is 0. The Morgan fingerprint density at radius 2 is 1.81 bits per heavy atom. The molecule has 90 valence electrons. The molecule has 1 rings (SSSR count). The summed E-state index contributed by atoms with van der Waals surface area (Å²) in [5.41, 5.74) is 1.41. The molecule has 1 N–H and O–H groups in total. The molecule has 0 amide bonds. The first-order chi connectivity index (χ1) is 7.74. The van der Waals surface area contributed by atoms with E-state index in [1.807, 2.05) is 7.05 Å². The van der Waals surface area contributed by atoms with E-state index >= 15 is 0 Å². The molecule has 0 radical (unpaired) electrons. The Morgan fingerprint density at radius 1 is 1.06 bits per heavy atom. The highest BCUT2D eigenvalue weighted by atomic mass is 79.9. The molecule has 1 aromatic carbocycles. The number of nitrogens with one attached hydrogen (secondary N) is 1. The first kappa shape index (κ1) is 14.2. The zero-order chi connectivity index (χ0) is 11.8. The largest absolute Gasteiger partial charge is 0.320 e. The maximum Gasteiger partial charge on any atom is 0.0208 e. The van der Waals surface area contributed by atoms with Crippen LogP contribution in [0.5, 0.6) is 0 Å². The normalized spacial score (nSPS) is 10.7. The Bertz CT molecular complexity index is 313. The Labute approximate surface area is 115 Å². The molecule has 0 heterocycles. The van der Waals surface area contributed by atoms with Crippen LogP contribution < -0.4 is 5.32 Å². The van der Waals surface area contributed by atoms with Crippen LogP contribution in [-0.2, 0) is 6.42 Å². The molecule has 3 heteroatoms. The van der Waals surface area contributed by atoms with Crippen LogP contribution in [0.2, 0.25) is 0 Å². The second-order valence-corrected chi connectivity index (χ2v) is 5.77. The first-order valence-electron chi connectivity index (χ1n) is 5.82. The minimum absolute atomic E-state index is 1.14. The van der Waals surface area contributed by atoms with Crippen LogP contribution in [0.25, 0.3) is 0 Å². The van der Waals surface area contributed by atoms with Crippen molar-refractivity contribution in [3.8, 4) is 0 Å². The number of hydrogen-bond acceptors (Lipinski definition) is 1. The molecule has 0 unspecified atom stereocenters. The van der Waals surface area contributed by atoms with Gasteiger partial charge in [0, 0.05) is 8.95 Å². The van der Waals surface area contributed by atoms with Crippen LogP contribution in [0.4, 0.5) is 0 Å². The lowest BCUT2D eigenvalue weighted by atomic mass is 10.1. The highest BCUT2D eigenvalue weighted by Crippen LogP contribution is 2.23. The van der Waals surface area contributed by atoms with E-state index in [-0.39, 0.29) is 0 Å². The minimum Gasteiger partial charge on any atom is -0.320 e. The zero-order valence-electron chi connectivity index (χ0n) is 9.73. The summed E-state index contributed by atoms with van der Waals surface area (Å²) in [6, 6.07) is 6.39. The van der Waals surface area contributed by atoms with Crippen molar-refractivity contribution >= 4 is 31.9 Å². The number of unbranched alkanes of at least 4 members (excludes halogenated alkanes) is 3. The molecule has 1 aromatic rings. The second kappa shape index (κ2) is 8.26. The molecular formula is C13H19Br2N. The predicted octanol–water partition coefficient (Wildman–Crippen LogP) is 4.53. The summed E-state index contributed by atoms with van der Waals surface area (Å²) in [5, 5.41) is 3.18. The number of rotatable bonds is 7. The van der Waals surface area contributed by atoms with Gasteiger partial charge >= 0.3 is 0 Å². The molecule has 0 fully saturated rings. The van der Waals surface area contributed by atoms with Gasteiger partial charge in [-0.05, 0) is 56.6 Å². The molecule has 0 aliphatic heterocycles. The van der Waals surface area contributed by atoms with Gasteiger partial charge in [0.2, 0.25) is 0 Å². The van der Waals surface area contributed by atoms with E-state index in [0.717, 1.165) is 6.54 Å². The average Bonchev–Trinajstić information content (AvgIpc) is 2.28. The predicted molar refractivity (Wildman–Crippen MR) is 77.9 cm³/mol. The molecule has 0 saturated heterocycles. The van der Waals surface area contributed by atoms with Gasteiger partial charge < -0.3 is 5.32 Å². The van der Waals surface area contributed by atoms with Crippen LogP contribution in [0.15, 0.2) is 27.1 Å². The number of benzene rings is 1. The molecule has 0 aliphatic rings. The Hall–Kier alpha value is 0.140. The molecular weight excluding hydrogens is 330 g/mol. The highest BCUT2D eigenvalue weighted by molar-refractivity contribution is 9.11. The lowest BCUT2D eigenvalue weighted by molar-refractivity contribution is 0.616. The maximum absolute atomic E-state index is 3.59. The SMILES string of the molecule is CNCCCCCCc1cc(Br)ccc1Br. The smallest absolute Gasteiger partial charge is 0.0208 e. The highest BCUT2D eigenvalue weighted by Gasteiger charge is 2.00. The van der Waals surface area contributed by atoms with Crippen molar-refractivity contribution in [1.29, 1.82) is 0 Å². The number of aryl methyl sites for hydroxylation is 1. The topological polar surface area (TPSA) is 12.0 Å². The first-order valence-corrected chi connectivity index (χ1v) is 7.41. The quantitative estimate of drug-likeness (QED) is 0.713. The molecule has 0 saturated carbocycles. The van der Waals surface area contributed by atoms with Gasteiger partial charge in [0.25, 0.3) is 0 Å². The molecule has 0 atom stereocenters. The van der Waals surface area contributed by atoms with E-state index in [2.05, 4.69) is 55.4 Å². The van der Waals surface area contributed by atoms with Gasteiger partial charge in [0.1, 0.15) is 0 Å². The van der Waals surface area contributed by atoms with Crippen molar-refractivity contribution in [2.45, 2.75) is 32.1 Å². The summed E-state index contributed by atoms with van der Waals surface area (Å²) >= 11 is 7.10. The van der Waals surface area contributed by atoms with Crippen LogP contribution in [-0.4, -0.2) is 13.6 Å². The maximum atomic E-state index is 3.59. The summed E-state index contributed by atoms with van der Waals surface area (Å²) in [6.45, 7) is 1.14. The van der Waals surface area contributed by atoms with E-state index in [1.54, 1.807) is 0 Å². The molecule has 16 heavy (non-hydrogen) atoms. The standard InChI is InChI=1S/C13H19Br2N/c1-16-9-5-3-2-4-6-11-10-12(14)7-8-13(11)15/h7-8,10,16H,2-6,9H2,1H3. The molecule has 1 nitrogen and oxygen atoms in total. The van der Waals surface area contributed by atoms with Gasteiger partial charge in [-0.25, -0.2) is 0 Å². The Morgan fingerprint density at radius 3 is 2.56 bits per heavy atom. The van der Waals surface area contributed by atoms with Gasteiger partial charge in [-0.2, -0.15) is 0 Å². The van der Waals surface area contributed by atoms with E-state index in [4.69, 9.17) is 0 Å². The fourth-order valence-electron chi connectivity index (χ4n) is 1.71. The average molecular weight is 349 g/mol. The summed E-state index contributed by atoms with van der Waals surface area (Å²) < 4.78 is 2.40. The van der Waals surface area contributed by atoms with Gasteiger partial charge in [-0.1, -0.05) is 44.7 Å². The van der Waals surface area contributed by atoms with Crippen LogP contribution in [0, 0.1) is 0 Å². The van der Waals surface area contributed by atoms with Crippen LogP contribution in [0.3, 0.4) is 0 Å². The molecule has 0 spiro atoms. The van der Waals surface area contributed by atoms with Crippen molar-refractivity contribution in [1.82, 2.24) is 5.32 Å². The van der Waals surface area contributed by atoms with Crippen LogP contribution >= 0.6 is 31.9 Å². The zero-order valence-corrected chi connectivity index (χ0v) is 12.9. The molecule has 0 aromatic heterocycles. The van der Waals surface area contributed by atoms with Gasteiger partial charge in [-0.15, -0.1) is 0 Å². The van der Waals surface area contributed by atoms with E-state index in [9.17, 15) is 0 Å². The van der Waals surface area contributed by atoms with Crippen molar-refractivity contribution in [3.05, 3.63) is 32.7 Å². The number of hydrogen-bond donors (Lipinski definition) is 1. The lowest BCUT2D eigenvalue weighted by Gasteiger charge is -2.05. The van der Waals surface area contributed by atoms with Crippen molar-refractivity contribution < 1.29 is 0 Å². The number of halogens is 2. The summed E-state index contributed by atoms with van der Waals surface area (Å²) in [5.74, 6) is 0. The third-order valence-electron chi connectivity index (χ3n) is 2.63. The molecule has 0 bridgehead atoms. The van der Waals surface area contributed by atoms with Gasteiger partial charge in [-0.3, -0.25) is 0 Å². The van der Waals surface area contributed by atoms with Crippen molar-refractivity contribution in [3.63, 3.8) is 0 Å². The molecule has 0 aliphatic carbocycles. The van der Waals surface area contributed by atoms with Gasteiger partial charge in [0.15, 0.2) is 0 Å². The monoisotopic (exact) mass is 347 g/mol. The fraction of sp³-hybridized carbons (Fsp3) is 0.538. The minimum atomic E-state index is 1.14. The Kier molecular flexibility index (Phi) is 7.33. The second-order valence-electron chi connectivity index (χ2n) is 4.00. The fourth-order valence-corrected chi connectivity index (χ4v) is 2.56. The van der Waals surface area contributed by atoms with Crippen LogP contribution in [0.1, 0.15) is 31.2 Å². The Balaban J connectivity index is 2.23. The van der Waals surface area contributed by atoms with Crippen molar-refractivity contribution in [2.75, 3.05) is 13.6 Å². The van der Waals surface area contributed by atoms with E-state index in [1.165, 1.54) is 46.6 Å². The third-order valence-corrected chi connectivity index (χ3v) is 3.90. The van der Waals surface area contributed by atoms with E-state index in [0.29, 0.717) is 0 Å². The van der Waals surface area contributed by atoms with E-state index < -0.39 is 0 Å². The third kappa shape index (κ3) is 5.46. The van der Waals surface area contributed by atoms with Gasteiger partial charge in [0.05, 0.1) is 0 Å². The lowest BCUT2D eigenvalue weighted by Crippen LogP contribution is -2.06. The van der Waals surface area contributed by atoms with Crippen molar-refractivity contribution in [2.24, 2.45) is 0 Å².